The molecule has 0 aromatic heterocycles. The minimum Gasteiger partial charge on any atom is -0.358 e. The largest absolute Gasteiger partial charge is 0.358 e. The van der Waals surface area contributed by atoms with Crippen molar-refractivity contribution in [3.8, 4) is 0 Å². The molecule has 4 rings (SSSR count). The molecular weight excluding hydrogens is 274 g/mol. The number of carbonyl (C=O) groups is 2. The molecule has 100 valence electrons. The first-order valence-corrected chi connectivity index (χ1v) is 7.19. The Hall–Kier alpha value is -1.85. The van der Waals surface area contributed by atoms with Gasteiger partial charge in [0.1, 0.15) is 12.8 Å². The smallest absolute Gasteiger partial charge is 0.257 e. The predicted molar refractivity (Wildman–Crippen MR) is 75.6 cm³/mol. The van der Waals surface area contributed by atoms with Crippen molar-refractivity contribution in [2.24, 2.45) is 0 Å². The molecule has 1 saturated heterocycles. The maximum absolute atomic E-state index is 12.6. The number of thioether (sulfide) groups is 1. The van der Waals surface area contributed by atoms with Crippen LogP contribution in [0.3, 0.4) is 0 Å². The lowest BCUT2D eigenvalue weighted by Gasteiger charge is -2.17. The van der Waals surface area contributed by atoms with Gasteiger partial charge in [0.25, 0.3) is 5.91 Å². The summed E-state index contributed by atoms with van der Waals surface area (Å²) in [5.41, 5.74) is 0.593. The SMILES string of the molecule is O=C1Sc2cc3ccccc3cc2C(=O)N2COCC12. The molecule has 2 aromatic carbocycles. The van der Waals surface area contributed by atoms with Crippen LogP contribution in [-0.4, -0.2) is 35.3 Å². The van der Waals surface area contributed by atoms with Crippen molar-refractivity contribution in [1.82, 2.24) is 4.90 Å². The zero-order valence-corrected chi connectivity index (χ0v) is 11.4. The standard InChI is InChI=1S/C15H11NO3S/c17-14-11-5-9-3-1-2-4-10(9)6-13(11)20-15(18)12-7-19-8-16(12)14/h1-6,12H,7-8H2. The summed E-state index contributed by atoms with van der Waals surface area (Å²) in [6.45, 7) is 0.493. The van der Waals surface area contributed by atoms with E-state index in [1.807, 2.05) is 36.4 Å². The van der Waals surface area contributed by atoms with Gasteiger partial charge in [0, 0.05) is 4.90 Å². The fraction of sp³-hybridized carbons (Fsp3) is 0.200. The van der Waals surface area contributed by atoms with Crippen LogP contribution in [0.4, 0.5) is 0 Å². The average molecular weight is 285 g/mol. The highest BCUT2D eigenvalue weighted by atomic mass is 32.2. The quantitative estimate of drug-likeness (QED) is 0.745. The maximum atomic E-state index is 12.6. The van der Waals surface area contributed by atoms with Gasteiger partial charge < -0.3 is 9.64 Å². The summed E-state index contributed by atoms with van der Waals surface area (Å²) in [6.07, 6.45) is 0. The van der Waals surface area contributed by atoms with Crippen LogP contribution >= 0.6 is 11.8 Å². The molecule has 2 aliphatic rings. The second kappa shape index (κ2) is 4.33. The van der Waals surface area contributed by atoms with Crippen LogP contribution in [0.5, 0.6) is 0 Å². The normalized spacial score (nSPS) is 21.8. The molecule has 0 N–H and O–H groups in total. The molecule has 0 spiro atoms. The van der Waals surface area contributed by atoms with Crippen LogP contribution in [0.1, 0.15) is 10.4 Å². The first-order chi connectivity index (χ1) is 9.74. The summed E-state index contributed by atoms with van der Waals surface area (Å²) in [5.74, 6) is -0.119. The molecule has 5 heteroatoms. The van der Waals surface area contributed by atoms with Crippen molar-refractivity contribution in [2.45, 2.75) is 10.9 Å². The third kappa shape index (κ3) is 1.67. The second-order valence-electron chi connectivity index (χ2n) is 4.91. The van der Waals surface area contributed by atoms with Gasteiger partial charge in [0.2, 0.25) is 5.12 Å². The summed E-state index contributed by atoms with van der Waals surface area (Å²) in [5, 5.41) is 2.02. The highest BCUT2D eigenvalue weighted by Gasteiger charge is 2.39. The number of rotatable bonds is 0. The van der Waals surface area contributed by atoms with Gasteiger partial charge in [0.15, 0.2) is 0 Å². The lowest BCUT2D eigenvalue weighted by Crippen LogP contribution is -2.39. The van der Waals surface area contributed by atoms with E-state index < -0.39 is 6.04 Å². The fourth-order valence-corrected chi connectivity index (χ4v) is 3.63. The number of hydrogen-bond acceptors (Lipinski definition) is 4. The van der Waals surface area contributed by atoms with E-state index in [2.05, 4.69) is 0 Å². The van der Waals surface area contributed by atoms with Gasteiger partial charge in [-0.1, -0.05) is 24.3 Å². The van der Waals surface area contributed by atoms with Gasteiger partial charge in [-0.2, -0.15) is 0 Å². The molecule has 2 aromatic rings. The number of ether oxygens (including phenoxy) is 1. The second-order valence-corrected chi connectivity index (χ2v) is 5.95. The van der Waals surface area contributed by atoms with Crippen LogP contribution in [0.2, 0.25) is 0 Å². The Morgan fingerprint density at radius 2 is 1.90 bits per heavy atom. The number of hydrogen-bond donors (Lipinski definition) is 0. The average Bonchev–Trinajstić information content (AvgIpc) is 2.92. The van der Waals surface area contributed by atoms with Crippen LogP contribution in [-0.2, 0) is 9.53 Å². The number of carbonyl (C=O) groups excluding carboxylic acids is 2. The Bertz CT molecular complexity index is 743. The zero-order chi connectivity index (χ0) is 13.7. The molecular formula is C15H11NO3S. The molecule has 0 aliphatic carbocycles. The van der Waals surface area contributed by atoms with Gasteiger partial charge in [-0.25, -0.2) is 0 Å². The summed E-state index contributed by atoms with van der Waals surface area (Å²) in [7, 11) is 0. The Labute approximate surface area is 119 Å². The van der Waals surface area contributed by atoms with Crippen molar-refractivity contribution in [1.29, 1.82) is 0 Å². The molecule has 1 unspecified atom stereocenters. The number of fused-ring (bicyclic) bond motifs is 3. The number of benzene rings is 2. The molecule has 4 nitrogen and oxygen atoms in total. The van der Waals surface area contributed by atoms with Crippen LogP contribution < -0.4 is 0 Å². The molecule has 0 saturated carbocycles. The van der Waals surface area contributed by atoms with E-state index in [4.69, 9.17) is 4.74 Å². The molecule has 0 bridgehead atoms. The molecule has 0 radical (unpaired) electrons. The minimum absolute atomic E-state index is 0.0233. The fourth-order valence-electron chi connectivity index (χ4n) is 2.64. The molecule has 2 aliphatic heterocycles. The topological polar surface area (TPSA) is 46.6 Å². The van der Waals surface area contributed by atoms with E-state index in [-0.39, 0.29) is 17.8 Å². The van der Waals surface area contributed by atoms with Gasteiger partial charge >= 0.3 is 0 Å². The predicted octanol–water partition coefficient (Wildman–Crippen LogP) is 2.27. The molecule has 1 amide bonds. The van der Waals surface area contributed by atoms with E-state index in [1.54, 1.807) is 0 Å². The summed E-state index contributed by atoms with van der Waals surface area (Å²) >= 11 is 1.15. The third-order valence-corrected chi connectivity index (χ3v) is 4.74. The lowest BCUT2D eigenvalue weighted by molar-refractivity contribution is -0.114. The van der Waals surface area contributed by atoms with Crippen molar-refractivity contribution in [2.75, 3.05) is 13.3 Å². The molecule has 2 heterocycles. The maximum Gasteiger partial charge on any atom is 0.257 e. The van der Waals surface area contributed by atoms with E-state index in [1.165, 1.54) is 4.90 Å². The molecule has 1 fully saturated rings. The Morgan fingerprint density at radius 1 is 1.15 bits per heavy atom. The van der Waals surface area contributed by atoms with Crippen molar-refractivity contribution in [3.63, 3.8) is 0 Å². The lowest BCUT2D eigenvalue weighted by atomic mass is 10.1. The van der Waals surface area contributed by atoms with E-state index in [0.29, 0.717) is 12.2 Å². The summed E-state index contributed by atoms with van der Waals surface area (Å²) in [6, 6.07) is 11.2. The zero-order valence-electron chi connectivity index (χ0n) is 10.5. The summed E-state index contributed by atoms with van der Waals surface area (Å²) in [4.78, 5) is 27.1. The van der Waals surface area contributed by atoms with Gasteiger partial charge in [-0.05, 0) is 34.7 Å². The molecule has 20 heavy (non-hydrogen) atoms. The van der Waals surface area contributed by atoms with Crippen LogP contribution in [0.25, 0.3) is 10.8 Å². The minimum atomic E-state index is -0.456. The number of amides is 1. The highest BCUT2D eigenvalue weighted by molar-refractivity contribution is 8.13. The van der Waals surface area contributed by atoms with E-state index in [0.717, 1.165) is 27.4 Å². The van der Waals surface area contributed by atoms with Gasteiger partial charge in [-0.15, -0.1) is 0 Å². The van der Waals surface area contributed by atoms with Crippen molar-refractivity contribution in [3.05, 3.63) is 42.0 Å². The highest BCUT2D eigenvalue weighted by Crippen LogP contribution is 2.35. The van der Waals surface area contributed by atoms with Gasteiger partial charge in [-0.3, -0.25) is 9.59 Å². The van der Waals surface area contributed by atoms with Gasteiger partial charge in [0.05, 0.1) is 12.2 Å². The van der Waals surface area contributed by atoms with E-state index in [9.17, 15) is 9.59 Å². The first-order valence-electron chi connectivity index (χ1n) is 6.37. The van der Waals surface area contributed by atoms with Crippen molar-refractivity contribution >= 4 is 33.6 Å². The Kier molecular flexibility index (Phi) is 2.58. The monoisotopic (exact) mass is 285 g/mol. The van der Waals surface area contributed by atoms with Crippen molar-refractivity contribution < 1.29 is 14.3 Å². The van der Waals surface area contributed by atoms with Crippen LogP contribution in [0.15, 0.2) is 41.3 Å². The van der Waals surface area contributed by atoms with Crippen LogP contribution in [0, 0.1) is 0 Å². The Morgan fingerprint density at radius 3 is 2.70 bits per heavy atom. The Balaban J connectivity index is 1.94. The summed E-state index contributed by atoms with van der Waals surface area (Å²) < 4.78 is 5.26. The molecule has 1 atom stereocenters. The van der Waals surface area contributed by atoms with E-state index >= 15 is 0 Å². The number of nitrogens with zero attached hydrogens (tertiary/aromatic N) is 1. The third-order valence-electron chi connectivity index (χ3n) is 3.70. The first kappa shape index (κ1) is 11.9.